The molecule has 0 radical (unpaired) electrons. The molecule has 2 fully saturated rings. The van der Waals surface area contributed by atoms with E-state index in [0.717, 1.165) is 0 Å². The Morgan fingerprint density at radius 3 is 2.59 bits per heavy atom. The van der Waals surface area contributed by atoms with E-state index in [4.69, 9.17) is 0 Å². The van der Waals surface area contributed by atoms with Crippen molar-refractivity contribution in [2.24, 2.45) is 18.4 Å². The number of carboxylic acid groups (broad SMARTS) is 1. The van der Waals surface area contributed by atoms with E-state index in [1.165, 1.54) is 6.07 Å². The highest BCUT2D eigenvalue weighted by molar-refractivity contribution is 5.94. The second-order valence-corrected chi connectivity index (χ2v) is 7.61. The van der Waals surface area contributed by atoms with Gasteiger partial charge in [-0.3, -0.25) is 14.5 Å². The molecule has 6 nitrogen and oxygen atoms in total. The zero-order valence-corrected chi connectivity index (χ0v) is 15.1. The molecule has 1 aromatic carbocycles. The molecule has 4 rings (SSSR count). The van der Waals surface area contributed by atoms with Gasteiger partial charge in [-0.1, -0.05) is 18.2 Å². The van der Waals surface area contributed by atoms with Gasteiger partial charge in [0.1, 0.15) is 16.9 Å². The number of aromatic nitrogens is 1. The lowest BCUT2D eigenvalue weighted by atomic mass is 9.81. The fourth-order valence-corrected chi connectivity index (χ4v) is 4.46. The van der Waals surface area contributed by atoms with Crippen molar-refractivity contribution in [3.8, 4) is 0 Å². The molecule has 2 atom stereocenters. The number of fused-ring (bicyclic) bond motifs is 1. The summed E-state index contributed by atoms with van der Waals surface area (Å²) in [6.45, 7) is 1.83. The van der Waals surface area contributed by atoms with Gasteiger partial charge >= 0.3 is 5.97 Å². The molecule has 7 heteroatoms. The SMILES string of the molecule is Cn1cccc1C(=O)N1C[C@H]2CN(Cc3ccccc3F)C[C@@]2(C(=O)O)C1. The van der Waals surface area contributed by atoms with Gasteiger partial charge in [-0.15, -0.1) is 0 Å². The normalized spacial score (nSPS) is 25.0. The highest BCUT2D eigenvalue weighted by atomic mass is 19.1. The molecule has 0 unspecified atom stereocenters. The van der Waals surface area contributed by atoms with Gasteiger partial charge in [0.05, 0.1) is 0 Å². The van der Waals surface area contributed by atoms with E-state index in [9.17, 15) is 19.1 Å². The van der Waals surface area contributed by atoms with E-state index in [-0.39, 0.29) is 24.2 Å². The minimum Gasteiger partial charge on any atom is -0.481 e. The van der Waals surface area contributed by atoms with Gasteiger partial charge in [0.25, 0.3) is 5.91 Å². The number of aliphatic carboxylic acids is 1. The number of nitrogens with zero attached hydrogens (tertiary/aromatic N) is 3. The first-order valence-electron chi connectivity index (χ1n) is 9.00. The van der Waals surface area contributed by atoms with Crippen molar-refractivity contribution in [2.45, 2.75) is 6.54 Å². The van der Waals surface area contributed by atoms with Crippen molar-refractivity contribution < 1.29 is 19.1 Å². The van der Waals surface area contributed by atoms with Crippen LogP contribution in [0.25, 0.3) is 0 Å². The Morgan fingerprint density at radius 1 is 1.19 bits per heavy atom. The van der Waals surface area contributed by atoms with Gasteiger partial charge in [0.2, 0.25) is 0 Å². The quantitative estimate of drug-likeness (QED) is 0.891. The standard InChI is InChI=1S/C20H22FN3O3/c1-22-8-4-7-17(22)18(25)24-11-15-10-23(12-20(15,13-24)19(26)27)9-14-5-2-3-6-16(14)21/h2-8,15H,9-13H2,1H3,(H,26,27)/t15-,20-/m1/s1. The molecule has 0 aliphatic carbocycles. The van der Waals surface area contributed by atoms with Gasteiger partial charge in [0, 0.05) is 57.4 Å². The number of carbonyl (C=O) groups is 2. The highest BCUT2D eigenvalue weighted by Gasteiger charge is 2.58. The predicted molar refractivity (Wildman–Crippen MR) is 96.6 cm³/mol. The maximum Gasteiger partial charge on any atom is 0.313 e. The molecular formula is C20H22FN3O3. The first-order valence-corrected chi connectivity index (χ1v) is 9.00. The molecule has 2 aromatic rings. The van der Waals surface area contributed by atoms with Crippen LogP contribution in [0.5, 0.6) is 0 Å². The summed E-state index contributed by atoms with van der Waals surface area (Å²) in [6.07, 6.45) is 1.80. The monoisotopic (exact) mass is 371 g/mol. The van der Waals surface area contributed by atoms with Crippen LogP contribution in [-0.4, -0.2) is 57.5 Å². The summed E-state index contributed by atoms with van der Waals surface area (Å²) < 4.78 is 15.7. The van der Waals surface area contributed by atoms with Gasteiger partial charge in [0.15, 0.2) is 0 Å². The van der Waals surface area contributed by atoms with Crippen molar-refractivity contribution in [2.75, 3.05) is 26.2 Å². The van der Waals surface area contributed by atoms with E-state index < -0.39 is 11.4 Å². The first-order chi connectivity index (χ1) is 12.9. The van der Waals surface area contributed by atoms with Crippen LogP contribution < -0.4 is 0 Å². The zero-order valence-electron chi connectivity index (χ0n) is 15.1. The lowest BCUT2D eigenvalue weighted by Gasteiger charge is -2.25. The summed E-state index contributed by atoms with van der Waals surface area (Å²) in [4.78, 5) is 28.6. The Labute approximate surface area is 156 Å². The Balaban J connectivity index is 1.52. The fourth-order valence-electron chi connectivity index (χ4n) is 4.46. The third kappa shape index (κ3) is 2.92. The Morgan fingerprint density at radius 2 is 1.96 bits per heavy atom. The molecular weight excluding hydrogens is 349 g/mol. The van der Waals surface area contributed by atoms with Crippen LogP contribution in [0.15, 0.2) is 42.6 Å². The zero-order chi connectivity index (χ0) is 19.2. The second kappa shape index (κ2) is 6.49. The molecule has 27 heavy (non-hydrogen) atoms. The molecule has 3 heterocycles. The second-order valence-electron chi connectivity index (χ2n) is 7.61. The summed E-state index contributed by atoms with van der Waals surface area (Å²) in [5.41, 5.74) is 0.125. The van der Waals surface area contributed by atoms with Gasteiger partial charge in [-0.2, -0.15) is 0 Å². The summed E-state index contributed by atoms with van der Waals surface area (Å²) in [6, 6.07) is 10.1. The fraction of sp³-hybridized carbons (Fsp3) is 0.400. The summed E-state index contributed by atoms with van der Waals surface area (Å²) in [7, 11) is 1.80. The molecule has 1 aromatic heterocycles. The van der Waals surface area contributed by atoms with Gasteiger partial charge in [-0.05, 0) is 18.2 Å². The third-order valence-electron chi connectivity index (χ3n) is 5.91. The van der Waals surface area contributed by atoms with Crippen molar-refractivity contribution in [1.29, 1.82) is 0 Å². The topological polar surface area (TPSA) is 65.8 Å². The highest BCUT2D eigenvalue weighted by Crippen LogP contribution is 2.43. The third-order valence-corrected chi connectivity index (χ3v) is 5.91. The maximum absolute atomic E-state index is 14.0. The average Bonchev–Trinajstić information content (AvgIpc) is 3.29. The smallest absolute Gasteiger partial charge is 0.313 e. The number of amides is 1. The molecule has 142 valence electrons. The van der Waals surface area contributed by atoms with E-state index in [1.807, 2.05) is 4.90 Å². The first kappa shape index (κ1) is 17.7. The molecule has 1 N–H and O–H groups in total. The number of carboxylic acids is 1. The van der Waals surface area contributed by atoms with E-state index >= 15 is 0 Å². The maximum atomic E-state index is 14.0. The lowest BCUT2D eigenvalue weighted by Crippen LogP contribution is -2.42. The molecule has 0 bridgehead atoms. The molecule has 2 aliphatic rings. The number of aryl methyl sites for hydroxylation is 1. The summed E-state index contributed by atoms with van der Waals surface area (Å²) in [5.74, 6) is -1.46. The Hall–Kier alpha value is -2.67. The summed E-state index contributed by atoms with van der Waals surface area (Å²) in [5, 5.41) is 9.95. The number of hydrogen-bond donors (Lipinski definition) is 1. The van der Waals surface area contributed by atoms with Gasteiger partial charge < -0.3 is 14.6 Å². The van der Waals surface area contributed by atoms with Crippen LogP contribution in [0, 0.1) is 17.2 Å². The Bertz CT molecular complexity index is 896. The van der Waals surface area contributed by atoms with E-state index in [1.54, 1.807) is 53.0 Å². The summed E-state index contributed by atoms with van der Waals surface area (Å²) >= 11 is 0. The minimum atomic E-state index is -0.994. The van der Waals surface area contributed by atoms with Crippen LogP contribution in [0.2, 0.25) is 0 Å². The van der Waals surface area contributed by atoms with Crippen LogP contribution in [0.1, 0.15) is 16.1 Å². The van der Waals surface area contributed by atoms with Crippen LogP contribution >= 0.6 is 0 Å². The van der Waals surface area contributed by atoms with Gasteiger partial charge in [-0.25, -0.2) is 4.39 Å². The van der Waals surface area contributed by atoms with Crippen molar-refractivity contribution in [3.05, 3.63) is 59.7 Å². The molecule has 2 saturated heterocycles. The number of carbonyl (C=O) groups excluding carboxylic acids is 1. The van der Waals surface area contributed by atoms with E-state index in [0.29, 0.717) is 37.4 Å². The van der Waals surface area contributed by atoms with Crippen LogP contribution in [0.3, 0.4) is 0 Å². The number of hydrogen-bond acceptors (Lipinski definition) is 3. The van der Waals surface area contributed by atoms with Crippen molar-refractivity contribution in [3.63, 3.8) is 0 Å². The lowest BCUT2D eigenvalue weighted by molar-refractivity contribution is -0.148. The van der Waals surface area contributed by atoms with Crippen LogP contribution in [-0.2, 0) is 18.4 Å². The molecule has 2 aliphatic heterocycles. The number of rotatable bonds is 4. The molecule has 0 saturated carbocycles. The largest absolute Gasteiger partial charge is 0.481 e. The minimum absolute atomic E-state index is 0.141. The van der Waals surface area contributed by atoms with Crippen molar-refractivity contribution in [1.82, 2.24) is 14.4 Å². The van der Waals surface area contributed by atoms with Crippen LogP contribution in [0.4, 0.5) is 4.39 Å². The molecule has 1 amide bonds. The van der Waals surface area contributed by atoms with Crippen molar-refractivity contribution >= 4 is 11.9 Å². The number of benzene rings is 1. The van der Waals surface area contributed by atoms with E-state index in [2.05, 4.69) is 0 Å². The number of likely N-dealkylation sites (tertiary alicyclic amines) is 2. The molecule has 0 spiro atoms. The predicted octanol–water partition coefficient (Wildman–Crippen LogP) is 1.82. The average molecular weight is 371 g/mol. The Kier molecular flexibility index (Phi) is 4.26. The number of halogens is 1.